The Morgan fingerprint density at radius 3 is 2.67 bits per heavy atom. The molecule has 3 nitrogen and oxygen atoms in total. The van der Waals surface area contributed by atoms with Crippen LogP contribution in [-0.2, 0) is 9.53 Å². The van der Waals surface area contributed by atoms with Crippen LogP contribution < -0.4 is 0 Å². The smallest absolute Gasteiger partial charge is 0.344 e. The topological polar surface area (TPSA) is 46.5 Å². The van der Waals surface area contributed by atoms with Crippen molar-refractivity contribution in [2.24, 2.45) is 0 Å². The third kappa shape index (κ3) is 2.76. The van der Waals surface area contributed by atoms with Gasteiger partial charge in [0.2, 0.25) is 0 Å². The van der Waals surface area contributed by atoms with Crippen LogP contribution in [0.15, 0.2) is 29.2 Å². The molecule has 0 aliphatic rings. The van der Waals surface area contributed by atoms with Gasteiger partial charge in [-0.15, -0.1) is 12.6 Å². The van der Waals surface area contributed by atoms with Gasteiger partial charge in [0.05, 0.1) is 12.0 Å². The molecule has 0 aliphatic carbocycles. The summed E-state index contributed by atoms with van der Waals surface area (Å²) >= 11 is 4.07. The number of methoxy groups -OCH3 is 1. The first-order valence-corrected chi connectivity index (χ1v) is 4.78. The Labute approximate surface area is 93.8 Å². The van der Waals surface area contributed by atoms with Crippen molar-refractivity contribution < 1.29 is 14.6 Å². The molecule has 0 fully saturated rings. The molecule has 0 heterocycles. The van der Waals surface area contributed by atoms with Crippen LogP contribution in [0.4, 0.5) is 0 Å². The minimum absolute atomic E-state index is 0.151. The molecule has 0 atom stereocenters. The van der Waals surface area contributed by atoms with Gasteiger partial charge in [0, 0.05) is 0 Å². The summed E-state index contributed by atoms with van der Waals surface area (Å²) in [4.78, 5) is 11.4. The van der Waals surface area contributed by atoms with Crippen molar-refractivity contribution in [3.8, 4) is 5.75 Å². The van der Waals surface area contributed by atoms with E-state index in [0.717, 1.165) is 5.56 Å². The summed E-state index contributed by atoms with van der Waals surface area (Å²) in [5, 5.41) is 9.28. The Kier molecular flexibility index (Phi) is 3.80. The van der Waals surface area contributed by atoms with E-state index in [1.807, 2.05) is 0 Å². The molecule has 0 aromatic heterocycles. The number of carbonyl (C=O) groups excluding carboxylic acids is 1. The van der Waals surface area contributed by atoms with Gasteiger partial charge in [-0.1, -0.05) is 12.1 Å². The Balaban J connectivity index is 3.13. The van der Waals surface area contributed by atoms with Crippen LogP contribution in [0.3, 0.4) is 0 Å². The number of phenolic OH excluding ortho intramolecular Hbond substituents is 1. The van der Waals surface area contributed by atoms with Crippen molar-refractivity contribution in [3.05, 3.63) is 34.7 Å². The predicted molar refractivity (Wildman–Crippen MR) is 61.7 cm³/mol. The fourth-order valence-corrected chi connectivity index (χ4v) is 1.35. The molecule has 0 aliphatic heterocycles. The number of esters is 1. The number of carbonyl (C=O) groups is 1. The maximum absolute atomic E-state index is 11.2. The number of aromatic hydroxyl groups is 1. The first kappa shape index (κ1) is 11.7. The molecule has 0 saturated carbocycles. The van der Waals surface area contributed by atoms with Crippen LogP contribution in [0.5, 0.6) is 5.75 Å². The first-order valence-electron chi connectivity index (χ1n) is 4.34. The minimum Gasteiger partial charge on any atom is -0.508 e. The molecule has 1 aromatic carbocycles. The summed E-state index contributed by atoms with van der Waals surface area (Å²) in [7, 11) is 1.30. The molecular formula is C11H12O3S. The van der Waals surface area contributed by atoms with Crippen molar-refractivity contribution >= 4 is 24.2 Å². The lowest BCUT2D eigenvalue weighted by molar-refractivity contribution is -0.135. The monoisotopic (exact) mass is 224 g/mol. The zero-order chi connectivity index (χ0) is 11.4. The molecule has 0 bridgehead atoms. The van der Waals surface area contributed by atoms with E-state index in [2.05, 4.69) is 17.4 Å². The van der Waals surface area contributed by atoms with Gasteiger partial charge in [0.1, 0.15) is 5.75 Å². The van der Waals surface area contributed by atoms with Gasteiger partial charge in [-0.25, -0.2) is 4.79 Å². The molecule has 0 saturated heterocycles. The average Bonchev–Trinajstić information content (AvgIpc) is 2.26. The molecule has 15 heavy (non-hydrogen) atoms. The van der Waals surface area contributed by atoms with Crippen LogP contribution in [0, 0.1) is 0 Å². The second-order valence-electron chi connectivity index (χ2n) is 3.02. The van der Waals surface area contributed by atoms with Gasteiger partial charge in [-0.05, 0) is 30.2 Å². The highest BCUT2D eigenvalue weighted by atomic mass is 32.1. The highest BCUT2D eigenvalue weighted by Crippen LogP contribution is 2.24. The van der Waals surface area contributed by atoms with Crippen molar-refractivity contribution in [1.29, 1.82) is 0 Å². The number of allylic oxidation sites excluding steroid dienone is 1. The molecule has 1 rings (SSSR count). The molecule has 0 amide bonds. The number of hydrogen-bond donors (Lipinski definition) is 2. The van der Waals surface area contributed by atoms with E-state index in [1.54, 1.807) is 31.2 Å². The molecular weight excluding hydrogens is 212 g/mol. The molecule has 0 unspecified atom stereocenters. The summed E-state index contributed by atoms with van der Waals surface area (Å²) in [5.41, 5.74) is 1.41. The number of ether oxygens (including phenoxy) is 1. The number of hydrogen-bond acceptors (Lipinski definition) is 4. The van der Waals surface area contributed by atoms with E-state index >= 15 is 0 Å². The molecule has 4 heteroatoms. The SMILES string of the molecule is COC(=O)/C(S)=C(/C)c1cccc(O)c1. The summed E-state index contributed by atoms with van der Waals surface area (Å²) in [6.45, 7) is 1.74. The summed E-state index contributed by atoms with van der Waals surface area (Å²) in [6.07, 6.45) is 0. The van der Waals surface area contributed by atoms with E-state index in [0.29, 0.717) is 5.57 Å². The molecule has 80 valence electrons. The first-order chi connectivity index (χ1) is 7.06. The van der Waals surface area contributed by atoms with E-state index < -0.39 is 5.97 Å². The van der Waals surface area contributed by atoms with E-state index in [4.69, 9.17) is 0 Å². The number of phenols is 1. The highest BCUT2D eigenvalue weighted by Gasteiger charge is 2.10. The third-order valence-electron chi connectivity index (χ3n) is 2.01. The lowest BCUT2D eigenvalue weighted by Crippen LogP contribution is -2.01. The van der Waals surface area contributed by atoms with Crippen molar-refractivity contribution in [2.75, 3.05) is 7.11 Å². The summed E-state index contributed by atoms with van der Waals surface area (Å²) in [6, 6.07) is 6.61. The van der Waals surface area contributed by atoms with Gasteiger partial charge in [0.15, 0.2) is 0 Å². The minimum atomic E-state index is -0.487. The summed E-state index contributed by atoms with van der Waals surface area (Å²) < 4.78 is 4.55. The predicted octanol–water partition coefficient (Wildman–Crippen LogP) is 2.23. The van der Waals surface area contributed by atoms with E-state index in [-0.39, 0.29) is 10.7 Å². The van der Waals surface area contributed by atoms with Crippen molar-refractivity contribution in [3.63, 3.8) is 0 Å². The Hall–Kier alpha value is -1.42. The van der Waals surface area contributed by atoms with Gasteiger partial charge in [0.25, 0.3) is 0 Å². The van der Waals surface area contributed by atoms with Crippen LogP contribution in [0.2, 0.25) is 0 Å². The lowest BCUT2D eigenvalue weighted by atomic mass is 10.1. The molecule has 1 N–H and O–H groups in total. The zero-order valence-electron chi connectivity index (χ0n) is 8.52. The molecule has 0 spiro atoms. The highest BCUT2D eigenvalue weighted by molar-refractivity contribution is 7.85. The van der Waals surface area contributed by atoms with Gasteiger partial charge in [-0.2, -0.15) is 0 Å². The third-order valence-corrected chi connectivity index (χ3v) is 2.53. The van der Waals surface area contributed by atoms with Crippen molar-refractivity contribution in [1.82, 2.24) is 0 Å². The number of benzene rings is 1. The molecule has 0 radical (unpaired) electrons. The summed E-state index contributed by atoms with van der Waals surface area (Å²) in [5.74, 6) is -0.336. The normalized spacial score (nSPS) is 11.9. The van der Waals surface area contributed by atoms with Crippen molar-refractivity contribution in [2.45, 2.75) is 6.92 Å². The second kappa shape index (κ2) is 4.89. The maximum Gasteiger partial charge on any atom is 0.344 e. The maximum atomic E-state index is 11.2. The Morgan fingerprint density at radius 1 is 1.47 bits per heavy atom. The van der Waals surface area contributed by atoms with E-state index in [9.17, 15) is 9.90 Å². The van der Waals surface area contributed by atoms with Gasteiger partial charge < -0.3 is 9.84 Å². The largest absolute Gasteiger partial charge is 0.508 e. The van der Waals surface area contributed by atoms with Crippen LogP contribution in [0.25, 0.3) is 5.57 Å². The average molecular weight is 224 g/mol. The second-order valence-corrected chi connectivity index (χ2v) is 3.46. The Morgan fingerprint density at radius 2 is 2.13 bits per heavy atom. The fraction of sp³-hybridized carbons (Fsp3) is 0.182. The van der Waals surface area contributed by atoms with Crippen LogP contribution in [-0.4, -0.2) is 18.2 Å². The fourth-order valence-electron chi connectivity index (χ4n) is 1.13. The quantitative estimate of drug-likeness (QED) is 0.460. The standard InChI is InChI=1S/C11H12O3S/c1-7(10(15)11(13)14-2)8-4-3-5-9(12)6-8/h3-6,12,15H,1-2H3/b10-7+. The zero-order valence-corrected chi connectivity index (χ0v) is 9.41. The van der Waals surface area contributed by atoms with Gasteiger partial charge >= 0.3 is 5.97 Å². The number of thiol groups is 1. The van der Waals surface area contributed by atoms with E-state index in [1.165, 1.54) is 7.11 Å². The van der Waals surface area contributed by atoms with Crippen LogP contribution in [0.1, 0.15) is 12.5 Å². The van der Waals surface area contributed by atoms with Crippen LogP contribution >= 0.6 is 12.6 Å². The lowest BCUT2D eigenvalue weighted by Gasteiger charge is -2.05. The number of rotatable bonds is 2. The molecule has 1 aromatic rings. The van der Waals surface area contributed by atoms with Gasteiger partial charge in [-0.3, -0.25) is 0 Å². The Bertz CT molecular complexity index is 410.